The molecule has 8 heteroatoms. The predicted octanol–water partition coefficient (Wildman–Crippen LogP) is 2.40. The van der Waals surface area contributed by atoms with E-state index in [2.05, 4.69) is 20.8 Å². The van der Waals surface area contributed by atoms with Gasteiger partial charge in [-0.25, -0.2) is 0 Å². The average molecular weight is 383 g/mol. The molecule has 0 bridgehead atoms. The van der Waals surface area contributed by atoms with E-state index in [-0.39, 0.29) is 24.3 Å². The Morgan fingerprint density at radius 3 is 2.59 bits per heavy atom. The first-order valence-electron chi connectivity index (χ1n) is 8.62. The Kier molecular flexibility index (Phi) is 5.97. The van der Waals surface area contributed by atoms with Crippen molar-refractivity contribution in [3.05, 3.63) is 64.9 Å². The van der Waals surface area contributed by atoms with E-state index in [0.29, 0.717) is 10.7 Å². The highest BCUT2D eigenvalue weighted by Gasteiger charge is 2.25. The second-order valence-corrected chi connectivity index (χ2v) is 7.29. The monoisotopic (exact) mass is 383 g/mol. The van der Waals surface area contributed by atoms with E-state index in [1.54, 1.807) is 18.5 Å². The van der Waals surface area contributed by atoms with Crippen molar-refractivity contribution in [3.8, 4) is 5.69 Å². The van der Waals surface area contributed by atoms with Gasteiger partial charge in [0, 0.05) is 5.69 Å². The maximum absolute atomic E-state index is 12.7. The van der Waals surface area contributed by atoms with E-state index in [1.165, 1.54) is 11.3 Å². The molecule has 1 unspecified atom stereocenters. The van der Waals surface area contributed by atoms with Gasteiger partial charge >= 0.3 is 0 Å². The van der Waals surface area contributed by atoms with Crippen LogP contribution in [0.25, 0.3) is 5.69 Å². The van der Waals surface area contributed by atoms with Crippen molar-refractivity contribution < 1.29 is 9.59 Å². The lowest BCUT2D eigenvalue weighted by atomic mass is 10.0. The molecule has 2 heterocycles. The third kappa shape index (κ3) is 4.59. The first-order valence-corrected chi connectivity index (χ1v) is 9.50. The molecule has 0 fully saturated rings. The number of aromatic nitrogens is 3. The molecule has 1 aromatic carbocycles. The molecule has 0 aliphatic carbocycles. The number of benzene rings is 1. The van der Waals surface area contributed by atoms with Gasteiger partial charge in [0.05, 0.1) is 11.4 Å². The number of carbonyl (C=O) groups excluding carboxylic acids is 2. The average Bonchev–Trinajstić information content (AvgIpc) is 3.36. The largest absolute Gasteiger partial charge is 0.347 e. The molecule has 0 spiro atoms. The Morgan fingerprint density at radius 2 is 1.93 bits per heavy atom. The number of para-hydroxylation sites is 1. The van der Waals surface area contributed by atoms with Crippen LogP contribution in [0.4, 0.5) is 0 Å². The molecular weight excluding hydrogens is 362 g/mol. The van der Waals surface area contributed by atoms with Gasteiger partial charge in [0.25, 0.3) is 5.91 Å². The Bertz CT molecular complexity index is 890. The normalized spacial score (nSPS) is 12.0. The molecule has 27 heavy (non-hydrogen) atoms. The molecule has 0 saturated carbocycles. The van der Waals surface area contributed by atoms with Gasteiger partial charge in [-0.2, -0.15) is 0 Å². The lowest BCUT2D eigenvalue weighted by Crippen LogP contribution is -2.49. The topological polar surface area (TPSA) is 88.9 Å². The zero-order valence-electron chi connectivity index (χ0n) is 15.1. The number of rotatable bonds is 7. The zero-order valence-corrected chi connectivity index (χ0v) is 15.9. The molecule has 7 nitrogen and oxygen atoms in total. The van der Waals surface area contributed by atoms with Gasteiger partial charge in [-0.15, -0.1) is 21.5 Å². The number of hydrogen-bond donors (Lipinski definition) is 2. The van der Waals surface area contributed by atoms with Crippen LogP contribution in [-0.2, 0) is 11.3 Å². The second kappa shape index (κ2) is 8.59. The van der Waals surface area contributed by atoms with Crippen molar-refractivity contribution in [2.75, 3.05) is 0 Å². The van der Waals surface area contributed by atoms with E-state index < -0.39 is 6.04 Å². The highest BCUT2D eigenvalue weighted by Crippen LogP contribution is 2.11. The minimum atomic E-state index is -0.632. The minimum absolute atomic E-state index is 0.0547. The fraction of sp³-hybridized carbons (Fsp3) is 0.263. The van der Waals surface area contributed by atoms with Crippen LogP contribution in [0.15, 0.2) is 54.2 Å². The van der Waals surface area contributed by atoms with Gasteiger partial charge in [-0.1, -0.05) is 38.1 Å². The summed E-state index contributed by atoms with van der Waals surface area (Å²) in [7, 11) is 0. The summed E-state index contributed by atoms with van der Waals surface area (Å²) in [4.78, 5) is 25.5. The van der Waals surface area contributed by atoms with E-state index in [4.69, 9.17) is 0 Å². The molecule has 0 saturated heterocycles. The minimum Gasteiger partial charge on any atom is -0.347 e. The van der Waals surface area contributed by atoms with Gasteiger partial charge in [0.15, 0.2) is 5.82 Å². The van der Waals surface area contributed by atoms with Crippen LogP contribution in [0.5, 0.6) is 0 Å². The van der Waals surface area contributed by atoms with Gasteiger partial charge in [0.1, 0.15) is 12.4 Å². The van der Waals surface area contributed by atoms with Crippen molar-refractivity contribution in [1.29, 1.82) is 0 Å². The lowest BCUT2D eigenvalue weighted by molar-refractivity contribution is -0.124. The second-order valence-electron chi connectivity index (χ2n) is 6.34. The summed E-state index contributed by atoms with van der Waals surface area (Å²) in [5.74, 6) is 0.0614. The van der Waals surface area contributed by atoms with Crippen LogP contribution in [0.1, 0.15) is 29.3 Å². The molecule has 0 aliphatic heterocycles. The maximum Gasteiger partial charge on any atom is 0.262 e. The first-order chi connectivity index (χ1) is 13.1. The highest BCUT2D eigenvalue weighted by molar-refractivity contribution is 7.12. The highest BCUT2D eigenvalue weighted by atomic mass is 32.1. The van der Waals surface area contributed by atoms with Crippen LogP contribution in [0, 0.1) is 5.92 Å². The summed E-state index contributed by atoms with van der Waals surface area (Å²) in [6.07, 6.45) is 1.61. The van der Waals surface area contributed by atoms with Crippen LogP contribution in [0.2, 0.25) is 0 Å². The molecule has 3 aromatic rings. The number of nitrogens with one attached hydrogen (secondary N) is 2. The molecule has 2 N–H and O–H groups in total. The van der Waals surface area contributed by atoms with Crippen molar-refractivity contribution in [2.24, 2.45) is 5.92 Å². The molecule has 3 rings (SSSR count). The Balaban J connectivity index is 1.65. The fourth-order valence-corrected chi connectivity index (χ4v) is 3.24. The van der Waals surface area contributed by atoms with Crippen molar-refractivity contribution >= 4 is 23.2 Å². The zero-order chi connectivity index (χ0) is 19.2. The summed E-state index contributed by atoms with van der Waals surface area (Å²) in [5.41, 5.74) is 0.915. The maximum atomic E-state index is 12.7. The number of carbonyl (C=O) groups is 2. The smallest absolute Gasteiger partial charge is 0.262 e. The number of thiophene rings is 1. The fourth-order valence-electron chi connectivity index (χ4n) is 2.61. The summed E-state index contributed by atoms with van der Waals surface area (Å²) in [6, 6.07) is 12.6. The predicted molar refractivity (Wildman–Crippen MR) is 104 cm³/mol. The lowest BCUT2D eigenvalue weighted by Gasteiger charge is -2.21. The molecule has 2 amide bonds. The third-order valence-electron chi connectivity index (χ3n) is 4.05. The Hall–Kier alpha value is -3.00. The van der Waals surface area contributed by atoms with Gasteiger partial charge in [-0.05, 0) is 29.5 Å². The molecule has 140 valence electrons. The van der Waals surface area contributed by atoms with Crippen LogP contribution in [-0.4, -0.2) is 32.6 Å². The summed E-state index contributed by atoms with van der Waals surface area (Å²) >= 11 is 1.34. The number of amides is 2. The summed E-state index contributed by atoms with van der Waals surface area (Å²) in [5, 5.41) is 15.5. The standard InChI is InChI=1S/C19H21N5O2S/c1-13(2)17(22-18(25)15-9-6-10-27-15)19(26)20-11-16-23-21-12-24(16)14-7-4-3-5-8-14/h3-10,12-13,17H,11H2,1-2H3,(H,20,26)(H,22,25). The number of hydrogen-bond acceptors (Lipinski definition) is 5. The summed E-state index contributed by atoms with van der Waals surface area (Å²) in [6.45, 7) is 4.00. The first kappa shape index (κ1) is 18.8. The van der Waals surface area contributed by atoms with E-state index in [0.717, 1.165) is 5.69 Å². The van der Waals surface area contributed by atoms with Crippen molar-refractivity contribution in [1.82, 2.24) is 25.4 Å². The van der Waals surface area contributed by atoms with Crippen molar-refractivity contribution in [3.63, 3.8) is 0 Å². The molecule has 0 aliphatic rings. The molecule has 0 radical (unpaired) electrons. The Labute approximate surface area is 161 Å². The van der Waals surface area contributed by atoms with E-state index >= 15 is 0 Å². The summed E-state index contributed by atoms with van der Waals surface area (Å²) < 4.78 is 1.81. The third-order valence-corrected chi connectivity index (χ3v) is 4.92. The van der Waals surface area contributed by atoms with E-state index in [9.17, 15) is 9.59 Å². The van der Waals surface area contributed by atoms with Gasteiger partial charge in [0.2, 0.25) is 5.91 Å². The van der Waals surface area contributed by atoms with E-state index in [1.807, 2.05) is 54.1 Å². The van der Waals surface area contributed by atoms with Crippen LogP contribution < -0.4 is 10.6 Å². The van der Waals surface area contributed by atoms with Gasteiger partial charge in [-0.3, -0.25) is 14.2 Å². The van der Waals surface area contributed by atoms with Gasteiger partial charge < -0.3 is 10.6 Å². The number of nitrogens with zero attached hydrogens (tertiary/aromatic N) is 3. The SMILES string of the molecule is CC(C)C(NC(=O)c1cccs1)C(=O)NCc1nncn1-c1ccccc1. The van der Waals surface area contributed by atoms with Crippen LogP contribution in [0.3, 0.4) is 0 Å². The van der Waals surface area contributed by atoms with Crippen molar-refractivity contribution in [2.45, 2.75) is 26.4 Å². The Morgan fingerprint density at radius 1 is 1.15 bits per heavy atom. The quantitative estimate of drug-likeness (QED) is 0.656. The molecule has 1 atom stereocenters. The molecular formula is C19H21N5O2S. The van der Waals surface area contributed by atoms with Crippen LogP contribution >= 0.6 is 11.3 Å². The molecule has 2 aromatic heterocycles.